The second-order valence-corrected chi connectivity index (χ2v) is 6.28. The summed E-state index contributed by atoms with van der Waals surface area (Å²) in [6.45, 7) is 6.02. The minimum Gasteiger partial charge on any atom is -0.357 e. The molecule has 0 aliphatic carbocycles. The molecule has 7 nitrogen and oxygen atoms in total. The molecule has 0 unspecified atom stereocenters. The maximum atomic E-state index is 4.66. The highest BCUT2D eigenvalue weighted by Crippen LogP contribution is 2.05. The van der Waals surface area contributed by atoms with Gasteiger partial charge in [-0.1, -0.05) is 30.3 Å². The third-order valence-electron chi connectivity index (χ3n) is 4.05. The number of aromatic nitrogens is 4. The zero-order valence-corrected chi connectivity index (χ0v) is 18.5. The monoisotopic (exact) mass is 493 g/mol. The number of nitrogens with one attached hydrogen (secondary N) is 2. The largest absolute Gasteiger partial charge is 0.357 e. The van der Waals surface area contributed by atoms with Gasteiger partial charge in [-0.15, -0.1) is 24.0 Å². The van der Waals surface area contributed by atoms with Crippen LogP contribution in [-0.2, 0) is 19.6 Å². The summed E-state index contributed by atoms with van der Waals surface area (Å²) in [5.41, 5.74) is 2.34. The van der Waals surface area contributed by atoms with Gasteiger partial charge in [-0.3, -0.25) is 9.36 Å². The van der Waals surface area contributed by atoms with Gasteiger partial charge in [-0.2, -0.15) is 10.2 Å². The van der Waals surface area contributed by atoms with Crippen LogP contribution in [0.1, 0.15) is 24.5 Å². The number of nitrogens with zero attached hydrogens (tertiary/aromatic N) is 5. The van der Waals surface area contributed by atoms with Crippen molar-refractivity contribution in [1.82, 2.24) is 30.2 Å². The molecule has 2 N–H and O–H groups in total. The Morgan fingerprint density at radius 1 is 1.04 bits per heavy atom. The van der Waals surface area contributed by atoms with Crippen LogP contribution in [0.5, 0.6) is 0 Å². The second kappa shape index (κ2) is 12.2. The fraction of sp³-hybridized carbons (Fsp3) is 0.350. The van der Waals surface area contributed by atoms with Crippen LogP contribution in [0.25, 0.3) is 0 Å². The number of rotatable bonds is 9. The summed E-state index contributed by atoms with van der Waals surface area (Å²) >= 11 is 0. The molecular formula is C20H28IN7. The smallest absolute Gasteiger partial charge is 0.191 e. The molecule has 0 aliphatic rings. The molecule has 0 atom stereocenters. The Balaban J connectivity index is 0.00000280. The van der Waals surface area contributed by atoms with Crippen molar-refractivity contribution < 1.29 is 0 Å². The van der Waals surface area contributed by atoms with Crippen LogP contribution < -0.4 is 10.6 Å². The van der Waals surface area contributed by atoms with Crippen LogP contribution in [0.3, 0.4) is 0 Å². The lowest BCUT2D eigenvalue weighted by Gasteiger charge is -2.11. The molecular weight excluding hydrogens is 465 g/mol. The Morgan fingerprint density at radius 2 is 1.89 bits per heavy atom. The van der Waals surface area contributed by atoms with E-state index in [9.17, 15) is 0 Å². The van der Waals surface area contributed by atoms with Gasteiger partial charge in [0.2, 0.25) is 0 Å². The first-order chi connectivity index (χ1) is 13.3. The number of aryl methyl sites for hydroxylation is 1. The van der Waals surface area contributed by atoms with E-state index < -0.39 is 0 Å². The molecule has 0 fully saturated rings. The highest BCUT2D eigenvalue weighted by molar-refractivity contribution is 14.0. The Hall–Kier alpha value is -2.36. The van der Waals surface area contributed by atoms with E-state index in [1.54, 1.807) is 6.20 Å². The quantitative estimate of drug-likeness (QED) is 0.208. The molecule has 0 bridgehead atoms. The zero-order chi connectivity index (χ0) is 18.7. The van der Waals surface area contributed by atoms with E-state index in [-0.39, 0.29) is 24.0 Å². The SMILES string of the molecule is CCNC(=NCc1cnn(Cc2ccccc2)c1)NCCCn1cccn1.I. The molecule has 0 aliphatic heterocycles. The number of hydrogen-bond donors (Lipinski definition) is 2. The Labute approximate surface area is 183 Å². The van der Waals surface area contributed by atoms with Gasteiger partial charge in [-0.25, -0.2) is 4.99 Å². The van der Waals surface area contributed by atoms with Crippen molar-refractivity contribution >= 4 is 29.9 Å². The molecule has 0 spiro atoms. The van der Waals surface area contributed by atoms with Crippen LogP contribution in [0.15, 0.2) is 66.2 Å². The first kappa shape index (κ1) is 21.9. The van der Waals surface area contributed by atoms with Crippen molar-refractivity contribution in [1.29, 1.82) is 0 Å². The highest BCUT2D eigenvalue weighted by Gasteiger charge is 2.01. The normalized spacial score (nSPS) is 11.1. The molecule has 28 heavy (non-hydrogen) atoms. The number of guanidine groups is 1. The Morgan fingerprint density at radius 3 is 2.64 bits per heavy atom. The highest BCUT2D eigenvalue weighted by atomic mass is 127. The molecule has 0 saturated carbocycles. The van der Waals surface area contributed by atoms with Crippen molar-refractivity contribution in [2.75, 3.05) is 13.1 Å². The summed E-state index contributed by atoms with van der Waals surface area (Å²) in [4.78, 5) is 4.66. The van der Waals surface area contributed by atoms with Crippen LogP contribution >= 0.6 is 24.0 Å². The third-order valence-corrected chi connectivity index (χ3v) is 4.05. The predicted octanol–water partition coefficient (Wildman–Crippen LogP) is 2.89. The third kappa shape index (κ3) is 7.34. The minimum absolute atomic E-state index is 0. The van der Waals surface area contributed by atoms with Gasteiger partial charge < -0.3 is 10.6 Å². The molecule has 2 aromatic heterocycles. The van der Waals surface area contributed by atoms with Crippen molar-refractivity contribution in [3.8, 4) is 0 Å². The van der Waals surface area contributed by atoms with E-state index in [1.165, 1.54) is 5.56 Å². The maximum absolute atomic E-state index is 4.66. The second-order valence-electron chi connectivity index (χ2n) is 6.28. The molecule has 3 aromatic rings. The molecule has 0 radical (unpaired) electrons. The topological polar surface area (TPSA) is 72.1 Å². The van der Waals surface area contributed by atoms with Gasteiger partial charge in [0.1, 0.15) is 0 Å². The lowest BCUT2D eigenvalue weighted by atomic mass is 10.2. The number of hydrogen-bond acceptors (Lipinski definition) is 3. The van der Waals surface area contributed by atoms with E-state index in [0.29, 0.717) is 6.54 Å². The van der Waals surface area contributed by atoms with Gasteiger partial charge in [0.25, 0.3) is 0 Å². The molecule has 0 amide bonds. The van der Waals surface area contributed by atoms with Crippen molar-refractivity contribution in [3.63, 3.8) is 0 Å². The van der Waals surface area contributed by atoms with Crippen LogP contribution in [0, 0.1) is 0 Å². The van der Waals surface area contributed by atoms with Crippen LogP contribution in [0.4, 0.5) is 0 Å². The van der Waals surface area contributed by atoms with Gasteiger partial charge >= 0.3 is 0 Å². The van der Waals surface area contributed by atoms with Crippen molar-refractivity contribution in [3.05, 3.63) is 72.3 Å². The van der Waals surface area contributed by atoms with E-state index in [2.05, 4.69) is 51.1 Å². The molecule has 8 heteroatoms. The summed E-state index contributed by atoms with van der Waals surface area (Å²) in [5.74, 6) is 0.828. The fourth-order valence-electron chi connectivity index (χ4n) is 2.74. The molecule has 2 heterocycles. The molecule has 150 valence electrons. The van der Waals surface area contributed by atoms with E-state index in [4.69, 9.17) is 0 Å². The maximum Gasteiger partial charge on any atom is 0.191 e. The zero-order valence-electron chi connectivity index (χ0n) is 16.2. The fourth-order valence-corrected chi connectivity index (χ4v) is 2.74. The van der Waals surface area contributed by atoms with Gasteiger partial charge in [0, 0.05) is 43.8 Å². The first-order valence-electron chi connectivity index (χ1n) is 9.38. The predicted molar refractivity (Wildman–Crippen MR) is 123 cm³/mol. The van der Waals surface area contributed by atoms with E-state index in [1.807, 2.05) is 46.0 Å². The Kier molecular flexibility index (Phi) is 9.53. The van der Waals surface area contributed by atoms with Gasteiger partial charge in [0.05, 0.1) is 19.3 Å². The summed E-state index contributed by atoms with van der Waals surface area (Å²) in [7, 11) is 0. The summed E-state index contributed by atoms with van der Waals surface area (Å²) in [6, 6.07) is 12.3. The lowest BCUT2D eigenvalue weighted by Crippen LogP contribution is -2.38. The van der Waals surface area contributed by atoms with Crippen LogP contribution in [-0.4, -0.2) is 38.6 Å². The summed E-state index contributed by atoms with van der Waals surface area (Å²) < 4.78 is 3.89. The number of halogens is 1. The van der Waals surface area contributed by atoms with Crippen molar-refractivity contribution in [2.24, 2.45) is 4.99 Å². The van der Waals surface area contributed by atoms with Gasteiger partial charge in [0.15, 0.2) is 5.96 Å². The van der Waals surface area contributed by atoms with Crippen LogP contribution in [0.2, 0.25) is 0 Å². The molecule has 1 aromatic carbocycles. The average molecular weight is 493 g/mol. The molecule has 3 rings (SSSR count). The standard InChI is InChI=1S/C20H27N7.HI/c1-2-21-20(22-10-6-12-26-13-7-11-24-26)23-14-19-15-25-27(17-19)16-18-8-4-3-5-9-18;/h3-5,7-9,11,13,15,17H,2,6,10,12,14,16H2,1H3,(H2,21,22,23);1H. The first-order valence-corrected chi connectivity index (χ1v) is 9.38. The molecule has 0 saturated heterocycles. The minimum atomic E-state index is 0. The van der Waals surface area contributed by atoms with E-state index in [0.717, 1.165) is 44.1 Å². The average Bonchev–Trinajstić information content (AvgIpc) is 3.36. The van der Waals surface area contributed by atoms with Gasteiger partial charge in [-0.05, 0) is 25.0 Å². The Bertz CT molecular complexity index is 812. The van der Waals surface area contributed by atoms with Crippen molar-refractivity contribution in [2.45, 2.75) is 33.0 Å². The van der Waals surface area contributed by atoms with E-state index >= 15 is 0 Å². The number of benzene rings is 1. The number of aliphatic imine (C=N–C) groups is 1. The summed E-state index contributed by atoms with van der Waals surface area (Å²) in [5, 5.41) is 15.3. The summed E-state index contributed by atoms with van der Waals surface area (Å²) in [6.07, 6.45) is 8.70. The lowest BCUT2D eigenvalue weighted by molar-refractivity contribution is 0.570.